The zero-order valence-electron chi connectivity index (χ0n) is 20.3. The predicted octanol–water partition coefficient (Wildman–Crippen LogP) is 3.87. The van der Waals surface area contributed by atoms with Gasteiger partial charge >= 0.3 is 6.55 Å². The van der Waals surface area contributed by atoms with E-state index in [2.05, 4.69) is 14.4 Å². The first-order valence-electron chi connectivity index (χ1n) is 11.9. The van der Waals surface area contributed by atoms with Gasteiger partial charge in [-0.15, -0.1) is 11.3 Å². The largest absolute Gasteiger partial charge is 0.336 e. The van der Waals surface area contributed by atoms with Crippen LogP contribution in [-0.4, -0.2) is 55.5 Å². The lowest BCUT2D eigenvalue weighted by Gasteiger charge is -2.33. The number of halogens is 3. The van der Waals surface area contributed by atoms with Crippen molar-refractivity contribution >= 4 is 45.2 Å². The molecule has 3 heterocycles. The minimum Gasteiger partial charge on any atom is -0.336 e. The van der Waals surface area contributed by atoms with Gasteiger partial charge in [0.15, 0.2) is 10.8 Å². The third kappa shape index (κ3) is 5.81. The first-order chi connectivity index (χ1) is 18.1. The Labute approximate surface area is 228 Å². The Morgan fingerprint density at radius 2 is 2.05 bits per heavy atom. The summed E-state index contributed by atoms with van der Waals surface area (Å²) >= 11 is 8.04. The average molecular weight is 582 g/mol. The Bertz CT molecular complexity index is 1420. The summed E-state index contributed by atoms with van der Waals surface area (Å²) in [5.74, 6) is 0.531. The molecule has 1 saturated carbocycles. The van der Waals surface area contributed by atoms with E-state index in [1.807, 2.05) is 34.7 Å². The van der Waals surface area contributed by atoms with Crippen molar-refractivity contribution in [3.8, 4) is 0 Å². The maximum absolute atomic E-state index is 13.1. The molecule has 2 fully saturated rings. The molecule has 14 heteroatoms. The van der Waals surface area contributed by atoms with Crippen molar-refractivity contribution in [2.75, 3.05) is 6.54 Å². The third-order valence-electron chi connectivity index (χ3n) is 6.39. The van der Waals surface area contributed by atoms with Gasteiger partial charge in [-0.2, -0.15) is 26.6 Å². The summed E-state index contributed by atoms with van der Waals surface area (Å²) in [6, 6.07) is 4.20. The van der Waals surface area contributed by atoms with Gasteiger partial charge < -0.3 is 15.6 Å². The number of benzene rings is 1. The summed E-state index contributed by atoms with van der Waals surface area (Å²) in [6.45, 7) is -0.673. The van der Waals surface area contributed by atoms with E-state index in [1.54, 1.807) is 12.3 Å². The van der Waals surface area contributed by atoms with Gasteiger partial charge in [-0.05, 0) is 37.0 Å². The number of amidine groups is 1. The first kappa shape index (κ1) is 26.9. The highest BCUT2D eigenvalue weighted by atomic mass is 35.5. The smallest absolute Gasteiger partial charge is 0.312 e. The number of aryl methyl sites for hydroxylation is 1. The fraction of sp³-hybridized carbons (Fsp3) is 0.375. The van der Waals surface area contributed by atoms with Gasteiger partial charge in [0.2, 0.25) is 0 Å². The van der Waals surface area contributed by atoms with Crippen LogP contribution in [-0.2, 0) is 10.2 Å². The highest BCUT2D eigenvalue weighted by Gasteiger charge is 2.42. The van der Waals surface area contributed by atoms with Crippen LogP contribution in [0, 0.1) is 12.3 Å². The number of thiazole rings is 1. The highest BCUT2D eigenvalue weighted by molar-refractivity contribution is 7.87. The molecule has 1 saturated heterocycles. The summed E-state index contributed by atoms with van der Waals surface area (Å²) in [5.41, 5.74) is 2.93. The number of hydrogen-bond acceptors (Lipinski definition) is 8. The second-order valence-electron chi connectivity index (χ2n) is 9.31. The molecule has 1 aromatic heterocycles. The molecule has 4 N–H and O–H groups in total. The molecule has 9 nitrogen and oxygen atoms in total. The van der Waals surface area contributed by atoms with Crippen LogP contribution in [0.3, 0.4) is 0 Å². The maximum Gasteiger partial charge on any atom is 0.312 e. The molecule has 1 aliphatic carbocycles. The van der Waals surface area contributed by atoms with Crippen molar-refractivity contribution in [3.63, 3.8) is 0 Å². The lowest BCUT2D eigenvalue weighted by atomic mass is 9.89. The van der Waals surface area contributed by atoms with E-state index in [0.29, 0.717) is 32.7 Å². The van der Waals surface area contributed by atoms with Crippen molar-refractivity contribution < 1.29 is 17.2 Å². The van der Waals surface area contributed by atoms with Crippen molar-refractivity contribution in [2.45, 2.75) is 50.9 Å². The van der Waals surface area contributed by atoms with E-state index in [4.69, 9.17) is 22.0 Å². The number of nitrogens with zero attached hydrogens (tertiary/aromatic N) is 3. The number of hydrogen-bond donors (Lipinski definition) is 4. The molecule has 3 aliphatic rings. The first-order valence-corrected chi connectivity index (χ1v) is 14.7. The van der Waals surface area contributed by atoms with Crippen LogP contribution < -0.4 is 14.8 Å². The van der Waals surface area contributed by atoms with Gasteiger partial charge in [0.1, 0.15) is 6.04 Å². The Balaban J connectivity index is 1.64. The summed E-state index contributed by atoms with van der Waals surface area (Å²) in [6.07, 6.45) is 5.59. The van der Waals surface area contributed by atoms with Crippen LogP contribution in [0.2, 0.25) is 5.02 Å². The minimum atomic E-state index is -3.75. The molecule has 5 rings (SSSR count). The number of nitrogens with one attached hydrogen (secondary N) is 4. The number of fused-ring (bicyclic) bond motifs is 1. The molecule has 38 heavy (non-hydrogen) atoms. The summed E-state index contributed by atoms with van der Waals surface area (Å²) in [5, 5.41) is 12.9. The molecule has 2 aromatic rings. The maximum atomic E-state index is 13.1. The quantitative estimate of drug-likeness (QED) is 0.251. The van der Waals surface area contributed by atoms with Gasteiger partial charge in [-0.25, -0.2) is 4.98 Å². The van der Waals surface area contributed by atoms with Crippen LogP contribution in [0.1, 0.15) is 41.4 Å². The molecule has 202 valence electrons. The molecular formula is C24H26ClF2N7O2S2. The van der Waals surface area contributed by atoms with Gasteiger partial charge in [0.25, 0.3) is 10.2 Å². The standard InChI is InChI=1S/C24H26ClF2N7O2S2/c1-13-2-5-17(18(25)8-13)21-20(14(10-28)11-30-24(26)27)19-9-16(33-38(35,36)32-15-3-4-15)12-34(19)22(31-21)23-29-6-7-37-23/h2,5-8,10-11,15-16,21,24,28,30,32-33H,3-4,9,12H2,1H3/b14-11+,28-10?/t16-,21-/m0/s1. The molecule has 0 amide bonds. The van der Waals surface area contributed by atoms with E-state index in [1.165, 1.54) is 11.3 Å². The number of rotatable bonds is 10. The Morgan fingerprint density at radius 3 is 2.68 bits per heavy atom. The van der Waals surface area contributed by atoms with Crippen LogP contribution in [0.5, 0.6) is 0 Å². The predicted molar refractivity (Wildman–Crippen MR) is 144 cm³/mol. The fourth-order valence-corrected chi connectivity index (χ4v) is 6.95. The van der Waals surface area contributed by atoms with Crippen LogP contribution in [0.15, 0.2) is 57.8 Å². The molecule has 0 bridgehead atoms. The number of alkyl halides is 2. The summed E-state index contributed by atoms with van der Waals surface area (Å²) < 4.78 is 57.0. The fourth-order valence-electron chi connectivity index (χ4n) is 4.63. The van der Waals surface area contributed by atoms with Crippen molar-refractivity contribution in [2.24, 2.45) is 4.99 Å². The topological polar surface area (TPSA) is 123 Å². The number of aliphatic imine (C=N–C) groups is 1. The normalized spacial score (nSPS) is 22.1. The second kappa shape index (κ2) is 10.8. The van der Waals surface area contributed by atoms with Crippen molar-refractivity contribution in [3.05, 3.63) is 74.0 Å². The van der Waals surface area contributed by atoms with Crippen LogP contribution >= 0.6 is 22.9 Å². The molecule has 0 unspecified atom stereocenters. The summed E-state index contributed by atoms with van der Waals surface area (Å²) in [4.78, 5) is 11.3. The molecule has 1 aromatic carbocycles. The molecule has 2 aliphatic heterocycles. The van der Waals surface area contributed by atoms with Crippen LogP contribution in [0.25, 0.3) is 0 Å². The van der Waals surface area contributed by atoms with E-state index in [0.717, 1.165) is 30.8 Å². The van der Waals surface area contributed by atoms with Gasteiger partial charge in [-0.3, -0.25) is 4.99 Å². The zero-order valence-corrected chi connectivity index (χ0v) is 22.7. The Kier molecular flexibility index (Phi) is 7.65. The molecule has 0 spiro atoms. The highest BCUT2D eigenvalue weighted by Crippen LogP contribution is 2.44. The Morgan fingerprint density at radius 1 is 1.29 bits per heavy atom. The minimum absolute atomic E-state index is 0.0559. The third-order valence-corrected chi connectivity index (χ3v) is 8.77. The molecular weight excluding hydrogens is 556 g/mol. The monoisotopic (exact) mass is 581 g/mol. The SMILES string of the molecule is Cc1ccc([C@@H]2N=C(c3nccs3)N3C[C@@H](NS(=O)(=O)NC4CC4)CC3=C2/C(C=N)=C/NC(F)F)c(Cl)c1. The lowest BCUT2D eigenvalue weighted by Crippen LogP contribution is -2.45. The van der Waals surface area contributed by atoms with E-state index in [9.17, 15) is 17.2 Å². The Hall–Kier alpha value is -2.71. The van der Waals surface area contributed by atoms with Crippen LogP contribution in [0.4, 0.5) is 8.78 Å². The average Bonchev–Trinajstić information content (AvgIpc) is 3.30. The van der Waals surface area contributed by atoms with Gasteiger partial charge in [0.05, 0.1) is 0 Å². The summed E-state index contributed by atoms with van der Waals surface area (Å²) in [7, 11) is -3.75. The lowest BCUT2D eigenvalue weighted by molar-refractivity contribution is 0.125. The van der Waals surface area contributed by atoms with Gasteiger partial charge in [0, 0.05) is 70.9 Å². The van der Waals surface area contributed by atoms with Crippen molar-refractivity contribution in [1.82, 2.24) is 24.6 Å². The zero-order chi connectivity index (χ0) is 27.0. The van der Waals surface area contributed by atoms with Crippen molar-refractivity contribution in [1.29, 1.82) is 5.41 Å². The second-order valence-corrected chi connectivity index (χ2v) is 12.1. The number of aromatic nitrogens is 1. The van der Waals surface area contributed by atoms with E-state index in [-0.39, 0.29) is 24.6 Å². The van der Waals surface area contributed by atoms with Gasteiger partial charge in [-0.1, -0.05) is 23.7 Å². The van der Waals surface area contributed by atoms with E-state index >= 15 is 0 Å². The molecule has 0 radical (unpaired) electrons. The molecule has 2 atom stereocenters. The van der Waals surface area contributed by atoms with E-state index < -0.39 is 28.8 Å².